The van der Waals surface area contributed by atoms with Crippen molar-refractivity contribution in [3.63, 3.8) is 0 Å². The van der Waals surface area contributed by atoms with E-state index in [-0.39, 0.29) is 5.75 Å². The van der Waals surface area contributed by atoms with E-state index in [1.165, 1.54) is 6.20 Å². The molecule has 3 aromatic rings. The summed E-state index contributed by atoms with van der Waals surface area (Å²) in [6.45, 7) is 0. The molecule has 0 unspecified atom stereocenters. The Kier molecular flexibility index (Phi) is 2.82. The van der Waals surface area contributed by atoms with Gasteiger partial charge in [0.05, 0.1) is 17.5 Å². The lowest BCUT2D eigenvalue weighted by atomic mass is 10.1. The second-order valence-electron chi connectivity index (χ2n) is 5.45. The molecule has 1 aliphatic rings. The molecule has 0 spiro atoms. The summed E-state index contributed by atoms with van der Waals surface area (Å²) < 4.78 is 1.66. The van der Waals surface area contributed by atoms with Gasteiger partial charge in [-0.25, -0.2) is 4.98 Å². The first-order valence-corrected chi connectivity index (χ1v) is 7.14. The van der Waals surface area contributed by atoms with Crippen molar-refractivity contribution in [1.82, 2.24) is 14.6 Å². The SMILES string of the molecule is O=Cc1cnn2c(NC3CC3)cc(-c3ccc(O)cc3)nc12. The minimum atomic E-state index is 0.207. The Morgan fingerprint density at radius 2 is 2.05 bits per heavy atom. The van der Waals surface area contributed by atoms with E-state index in [1.807, 2.05) is 6.07 Å². The van der Waals surface area contributed by atoms with Crippen LogP contribution in [0.25, 0.3) is 16.9 Å². The van der Waals surface area contributed by atoms with E-state index in [0.717, 1.165) is 36.2 Å². The highest BCUT2D eigenvalue weighted by atomic mass is 16.3. The van der Waals surface area contributed by atoms with E-state index in [4.69, 9.17) is 0 Å². The van der Waals surface area contributed by atoms with Gasteiger partial charge < -0.3 is 10.4 Å². The number of phenols is 1. The molecule has 2 N–H and O–H groups in total. The summed E-state index contributed by atoms with van der Waals surface area (Å²) in [6.07, 6.45) is 4.56. The molecule has 1 saturated carbocycles. The number of rotatable bonds is 4. The van der Waals surface area contributed by atoms with Crippen LogP contribution in [0, 0.1) is 0 Å². The fourth-order valence-corrected chi connectivity index (χ4v) is 2.38. The predicted molar refractivity (Wildman–Crippen MR) is 82.1 cm³/mol. The highest BCUT2D eigenvalue weighted by Gasteiger charge is 2.23. The quantitative estimate of drug-likeness (QED) is 0.723. The summed E-state index contributed by atoms with van der Waals surface area (Å²) in [5.41, 5.74) is 2.60. The lowest BCUT2D eigenvalue weighted by molar-refractivity contribution is 0.112. The van der Waals surface area contributed by atoms with E-state index in [9.17, 15) is 9.90 Å². The van der Waals surface area contributed by atoms with Crippen molar-refractivity contribution >= 4 is 17.8 Å². The maximum Gasteiger partial charge on any atom is 0.168 e. The van der Waals surface area contributed by atoms with Gasteiger partial charge in [0, 0.05) is 17.7 Å². The van der Waals surface area contributed by atoms with Crippen LogP contribution < -0.4 is 5.32 Å². The summed E-state index contributed by atoms with van der Waals surface area (Å²) in [4.78, 5) is 15.7. The molecule has 0 atom stereocenters. The van der Waals surface area contributed by atoms with Gasteiger partial charge in [-0.3, -0.25) is 4.79 Å². The summed E-state index contributed by atoms with van der Waals surface area (Å²) in [5, 5.41) is 17.1. The van der Waals surface area contributed by atoms with E-state index in [0.29, 0.717) is 17.3 Å². The third-order valence-corrected chi connectivity index (χ3v) is 3.72. The summed E-state index contributed by atoms with van der Waals surface area (Å²) in [5.74, 6) is 1.03. The largest absolute Gasteiger partial charge is 0.508 e. The van der Waals surface area contributed by atoms with Crippen molar-refractivity contribution in [1.29, 1.82) is 0 Å². The number of carbonyl (C=O) groups is 1. The van der Waals surface area contributed by atoms with Crippen LogP contribution in [-0.4, -0.2) is 32.0 Å². The fourth-order valence-electron chi connectivity index (χ4n) is 2.38. The number of aromatic hydroxyl groups is 1. The second-order valence-corrected chi connectivity index (χ2v) is 5.45. The topological polar surface area (TPSA) is 79.5 Å². The van der Waals surface area contributed by atoms with Gasteiger partial charge in [0.2, 0.25) is 0 Å². The zero-order valence-corrected chi connectivity index (χ0v) is 11.7. The molecule has 0 bridgehead atoms. The Bertz CT molecular complexity index is 850. The van der Waals surface area contributed by atoms with Gasteiger partial charge in [0.25, 0.3) is 0 Å². The Morgan fingerprint density at radius 1 is 1.27 bits per heavy atom. The van der Waals surface area contributed by atoms with E-state index in [1.54, 1.807) is 28.8 Å². The van der Waals surface area contributed by atoms with Gasteiger partial charge in [0.15, 0.2) is 11.9 Å². The number of nitrogens with one attached hydrogen (secondary N) is 1. The Balaban J connectivity index is 1.89. The Labute approximate surface area is 126 Å². The molecule has 0 radical (unpaired) electrons. The molecule has 22 heavy (non-hydrogen) atoms. The predicted octanol–water partition coefficient (Wildman–Crippen LogP) is 2.49. The number of benzene rings is 1. The van der Waals surface area contributed by atoms with E-state index >= 15 is 0 Å². The van der Waals surface area contributed by atoms with Gasteiger partial charge in [-0.15, -0.1) is 0 Å². The maximum atomic E-state index is 11.2. The average molecular weight is 294 g/mol. The maximum absolute atomic E-state index is 11.2. The van der Waals surface area contributed by atoms with Gasteiger partial charge in [-0.05, 0) is 37.1 Å². The molecule has 1 aliphatic carbocycles. The number of fused-ring (bicyclic) bond motifs is 1. The number of nitrogens with zero attached hydrogens (tertiary/aromatic N) is 3. The molecular weight excluding hydrogens is 280 g/mol. The van der Waals surface area contributed by atoms with E-state index in [2.05, 4.69) is 15.4 Å². The third kappa shape index (κ3) is 2.18. The number of aromatic nitrogens is 3. The van der Waals surface area contributed by atoms with Crippen molar-refractivity contribution in [2.24, 2.45) is 0 Å². The molecular formula is C16H14N4O2. The summed E-state index contributed by atoms with van der Waals surface area (Å²) >= 11 is 0. The van der Waals surface area contributed by atoms with E-state index < -0.39 is 0 Å². The van der Waals surface area contributed by atoms with Gasteiger partial charge in [-0.1, -0.05) is 0 Å². The highest BCUT2D eigenvalue weighted by molar-refractivity contribution is 5.85. The lowest BCUT2D eigenvalue weighted by Crippen LogP contribution is -2.08. The first-order valence-electron chi connectivity index (χ1n) is 7.14. The molecule has 1 aromatic carbocycles. The van der Waals surface area contributed by atoms with Crippen molar-refractivity contribution < 1.29 is 9.90 Å². The summed E-state index contributed by atoms with van der Waals surface area (Å²) in [6, 6.07) is 9.21. The first kappa shape index (κ1) is 12.8. The van der Waals surface area contributed by atoms with Crippen LogP contribution in [-0.2, 0) is 0 Å². The zero-order chi connectivity index (χ0) is 15.1. The Hall–Kier alpha value is -2.89. The minimum Gasteiger partial charge on any atom is -0.508 e. The monoisotopic (exact) mass is 294 g/mol. The number of anilines is 1. The molecule has 1 fully saturated rings. The molecule has 6 heteroatoms. The number of carbonyl (C=O) groups excluding carboxylic acids is 1. The van der Waals surface area contributed by atoms with Crippen molar-refractivity contribution in [2.45, 2.75) is 18.9 Å². The van der Waals surface area contributed by atoms with Gasteiger partial charge in [0.1, 0.15) is 11.6 Å². The van der Waals surface area contributed by atoms with Crippen LogP contribution in [0.1, 0.15) is 23.2 Å². The van der Waals surface area contributed by atoms with Crippen LogP contribution >= 0.6 is 0 Å². The van der Waals surface area contributed by atoms with Gasteiger partial charge in [-0.2, -0.15) is 9.61 Å². The lowest BCUT2D eigenvalue weighted by Gasteiger charge is -2.10. The smallest absolute Gasteiger partial charge is 0.168 e. The number of hydrogen-bond acceptors (Lipinski definition) is 5. The molecule has 4 rings (SSSR count). The fraction of sp³-hybridized carbons (Fsp3) is 0.188. The first-order chi connectivity index (χ1) is 10.7. The van der Waals surface area contributed by atoms with Crippen LogP contribution in [0.5, 0.6) is 5.75 Å². The van der Waals surface area contributed by atoms with Crippen LogP contribution in [0.2, 0.25) is 0 Å². The standard InChI is InChI=1S/C16H14N4O2/c21-9-11-8-17-20-15(18-12-3-4-12)7-14(19-16(11)20)10-1-5-13(22)6-2-10/h1-2,5-9,12,18,22H,3-4H2. The van der Waals surface area contributed by atoms with Crippen LogP contribution in [0.4, 0.5) is 5.82 Å². The average Bonchev–Trinajstić information content (AvgIpc) is 3.24. The number of phenolic OH excluding ortho intramolecular Hbond substituents is 1. The molecule has 2 heterocycles. The summed E-state index contributed by atoms with van der Waals surface area (Å²) in [7, 11) is 0. The molecule has 0 aliphatic heterocycles. The second kappa shape index (κ2) is 4.84. The Morgan fingerprint density at radius 3 is 2.73 bits per heavy atom. The number of aldehydes is 1. The molecule has 0 saturated heterocycles. The molecule has 2 aromatic heterocycles. The normalized spacial score (nSPS) is 14.2. The molecule has 0 amide bonds. The molecule has 6 nitrogen and oxygen atoms in total. The van der Waals surface area contributed by atoms with Gasteiger partial charge >= 0.3 is 0 Å². The van der Waals surface area contributed by atoms with Crippen molar-refractivity contribution in [3.05, 3.63) is 42.1 Å². The highest BCUT2D eigenvalue weighted by Crippen LogP contribution is 2.29. The molecule has 110 valence electrons. The number of hydrogen-bond donors (Lipinski definition) is 2. The zero-order valence-electron chi connectivity index (χ0n) is 11.7. The van der Waals surface area contributed by atoms with Crippen LogP contribution in [0.3, 0.4) is 0 Å². The van der Waals surface area contributed by atoms with Crippen LogP contribution in [0.15, 0.2) is 36.5 Å². The van der Waals surface area contributed by atoms with Crippen molar-refractivity contribution in [3.8, 4) is 17.0 Å². The van der Waals surface area contributed by atoms with Crippen molar-refractivity contribution in [2.75, 3.05) is 5.32 Å². The minimum absolute atomic E-state index is 0.207. The third-order valence-electron chi connectivity index (χ3n) is 3.72.